The molecular weight excluding hydrogens is 375 g/mol. The number of hydrogen-bond donors (Lipinski definition) is 2. The van der Waals surface area contributed by atoms with Crippen LogP contribution in [0.5, 0.6) is 0 Å². The Morgan fingerprint density at radius 3 is 2.67 bits per heavy atom. The van der Waals surface area contributed by atoms with Crippen molar-refractivity contribution in [2.75, 3.05) is 26.1 Å². The molecule has 0 amide bonds. The van der Waals surface area contributed by atoms with Gasteiger partial charge in [-0.05, 0) is 0 Å². The van der Waals surface area contributed by atoms with E-state index in [0.29, 0.717) is 4.57 Å². The van der Waals surface area contributed by atoms with Crippen LogP contribution in [0.1, 0.15) is 6.23 Å². The van der Waals surface area contributed by atoms with E-state index in [1.54, 1.807) is 0 Å². The predicted molar refractivity (Wildman–Crippen MR) is 79.3 cm³/mol. The molecule has 9 nitrogen and oxygen atoms in total. The summed E-state index contributed by atoms with van der Waals surface area (Å²) in [6.07, 6.45) is -5.99. The van der Waals surface area contributed by atoms with Gasteiger partial charge in [-0.2, -0.15) is 13.8 Å². The van der Waals surface area contributed by atoms with Crippen LogP contribution in [0.4, 0.5) is 14.6 Å². The van der Waals surface area contributed by atoms with Crippen LogP contribution < -0.4 is 11.4 Å². The van der Waals surface area contributed by atoms with Crippen molar-refractivity contribution in [3.8, 4) is 0 Å². The number of nitrogens with zero attached hydrogens (tertiary/aromatic N) is 2. The molecule has 0 bridgehead atoms. The smallest absolute Gasteiger partial charge is 0.351 e. The van der Waals surface area contributed by atoms with Gasteiger partial charge in [-0.25, -0.2) is 4.79 Å². The number of ether oxygens (including phenoxy) is 1. The number of nitrogen functional groups attached to an aromatic ring is 1. The molecule has 0 saturated carbocycles. The third-order valence-corrected chi connectivity index (χ3v) is 5.74. The summed E-state index contributed by atoms with van der Waals surface area (Å²) < 4.78 is 55.5. The van der Waals surface area contributed by atoms with E-state index >= 15 is 0 Å². The first-order valence-corrected chi connectivity index (χ1v) is 8.62. The maximum Gasteiger partial charge on any atom is 0.351 e. The first-order valence-electron chi connectivity index (χ1n) is 6.51. The van der Waals surface area contributed by atoms with Crippen LogP contribution in [-0.4, -0.2) is 53.2 Å². The summed E-state index contributed by atoms with van der Waals surface area (Å²) in [5, 5.41) is 9.57. The van der Waals surface area contributed by atoms with Gasteiger partial charge in [-0.15, -0.1) is 0 Å². The van der Waals surface area contributed by atoms with E-state index in [-0.39, 0.29) is 10.8 Å². The molecule has 1 aliphatic rings. The largest absolute Gasteiger partial charge is 0.384 e. The first kappa shape index (κ1) is 19.2. The minimum atomic E-state index is -3.89. The van der Waals surface area contributed by atoms with Crippen molar-refractivity contribution in [3.63, 3.8) is 0 Å². The van der Waals surface area contributed by atoms with Crippen LogP contribution in [0.25, 0.3) is 0 Å². The highest BCUT2D eigenvalue weighted by Gasteiger charge is 2.60. The lowest BCUT2D eigenvalue weighted by molar-refractivity contribution is -0.140. The van der Waals surface area contributed by atoms with Gasteiger partial charge in [-0.3, -0.25) is 9.13 Å². The number of halogens is 3. The normalized spacial score (nSPS) is 26.7. The lowest BCUT2D eigenvalue weighted by atomic mass is 10.1. The SMILES string of the molecule is COP(=O)(C[C@H]1O[C@@H](n2cc(Cl)c(N)nc2=O)C(F)(F)[C@@H]1O)OC. The third kappa shape index (κ3) is 3.32. The molecule has 1 aliphatic heterocycles. The van der Waals surface area contributed by atoms with Crippen molar-refractivity contribution in [1.29, 1.82) is 0 Å². The molecule has 13 heteroatoms. The van der Waals surface area contributed by atoms with Gasteiger partial charge in [0.15, 0.2) is 0 Å². The second kappa shape index (κ2) is 6.66. The maximum atomic E-state index is 14.3. The van der Waals surface area contributed by atoms with Crippen molar-refractivity contribution in [3.05, 3.63) is 21.7 Å². The molecule has 1 saturated heterocycles. The lowest BCUT2D eigenvalue weighted by Gasteiger charge is -2.21. The number of aliphatic hydroxyl groups excluding tert-OH is 1. The summed E-state index contributed by atoms with van der Waals surface area (Å²) in [5.41, 5.74) is 4.18. The molecule has 0 aliphatic carbocycles. The van der Waals surface area contributed by atoms with Crippen molar-refractivity contribution < 1.29 is 32.2 Å². The summed E-state index contributed by atoms with van der Waals surface area (Å²) in [7, 11) is -1.61. The number of aliphatic hydroxyl groups is 1. The van der Waals surface area contributed by atoms with Gasteiger partial charge in [0, 0.05) is 20.4 Å². The Bertz CT molecular complexity index is 724. The third-order valence-electron chi connectivity index (χ3n) is 3.53. The van der Waals surface area contributed by atoms with Gasteiger partial charge in [-0.1, -0.05) is 11.6 Å². The van der Waals surface area contributed by atoms with E-state index in [4.69, 9.17) is 22.1 Å². The van der Waals surface area contributed by atoms with Crippen LogP contribution in [0.3, 0.4) is 0 Å². The minimum Gasteiger partial charge on any atom is -0.384 e. The lowest BCUT2D eigenvalue weighted by Crippen LogP contribution is -2.42. The highest BCUT2D eigenvalue weighted by Crippen LogP contribution is 2.52. The molecule has 0 aromatic carbocycles. The van der Waals surface area contributed by atoms with E-state index < -0.39 is 43.8 Å². The Kier molecular flexibility index (Phi) is 5.34. The number of hydrogen-bond acceptors (Lipinski definition) is 8. The van der Waals surface area contributed by atoms with Crippen LogP contribution >= 0.6 is 19.2 Å². The van der Waals surface area contributed by atoms with E-state index in [0.717, 1.165) is 20.4 Å². The quantitative estimate of drug-likeness (QED) is 0.710. The molecule has 0 unspecified atom stereocenters. The van der Waals surface area contributed by atoms with E-state index in [2.05, 4.69) is 14.0 Å². The molecule has 136 valence electrons. The first-order chi connectivity index (χ1) is 11.1. The Morgan fingerprint density at radius 2 is 2.12 bits per heavy atom. The van der Waals surface area contributed by atoms with E-state index in [9.17, 15) is 23.2 Å². The molecule has 2 heterocycles. The Morgan fingerprint density at radius 1 is 1.54 bits per heavy atom. The average molecular weight is 390 g/mol. The fraction of sp³-hybridized carbons (Fsp3) is 0.636. The number of aromatic nitrogens is 2. The summed E-state index contributed by atoms with van der Waals surface area (Å²) in [4.78, 5) is 15.1. The molecule has 24 heavy (non-hydrogen) atoms. The highest BCUT2D eigenvalue weighted by molar-refractivity contribution is 7.53. The zero-order valence-corrected chi connectivity index (χ0v) is 14.2. The summed E-state index contributed by atoms with van der Waals surface area (Å²) in [5.74, 6) is -4.22. The molecule has 2 rings (SSSR count). The summed E-state index contributed by atoms with van der Waals surface area (Å²) >= 11 is 5.69. The monoisotopic (exact) mass is 389 g/mol. The summed E-state index contributed by atoms with van der Waals surface area (Å²) in [6.45, 7) is 0. The molecule has 0 spiro atoms. The fourth-order valence-corrected chi connectivity index (χ4v) is 3.51. The van der Waals surface area contributed by atoms with Crippen molar-refractivity contribution in [2.45, 2.75) is 24.4 Å². The fourth-order valence-electron chi connectivity index (χ4n) is 2.19. The number of rotatable bonds is 5. The van der Waals surface area contributed by atoms with E-state index in [1.807, 2.05) is 0 Å². The van der Waals surface area contributed by atoms with Gasteiger partial charge in [0.1, 0.15) is 18.0 Å². The molecule has 3 atom stereocenters. The molecule has 1 aromatic rings. The Labute approximate surface area is 139 Å². The number of nitrogens with two attached hydrogens (primary N) is 1. The molecule has 0 radical (unpaired) electrons. The second-order valence-corrected chi connectivity index (χ2v) is 7.69. The van der Waals surface area contributed by atoms with Crippen molar-refractivity contribution in [1.82, 2.24) is 9.55 Å². The Hall–Kier alpha value is -1.10. The second-order valence-electron chi connectivity index (χ2n) is 4.97. The number of alkyl halides is 2. The van der Waals surface area contributed by atoms with Crippen LogP contribution in [0.2, 0.25) is 5.02 Å². The van der Waals surface area contributed by atoms with Gasteiger partial charge in [0.25, 0.3) is 0 Å². The summed E-state index contributed by atoms with van der Waals surface area (Å²) in [6, 6.07) is 0. The average Bonchev–Trinajstić information content (AvgIpc) is 2.74. The van der Waals surface area contributed by atoms with Crippen molar-refractivity contribution in [2.24, 2.45) is 0 Å². The van der Waals surface area contributed by atoms with Crippen molar-refractivity contribution >= 4 is 25.0 Å². The zero-order chi connectivity index (χ0) is 18.3. The van der Waals surface area contributed by atoms with Crippen LogP contribution in [0, 0.1) is 0 Å². The predicted octanol–water partition coefficient (Wildman–Crippen LogP) is 0.858. The van der Waals surface area contributed by atoms with Gasteiger partial charge >= 0.3 is 19.2 Å². The van der Waals surface area contributed by atoms with E-state index in [1.165, 1.54) is 0 Å². The highest BCUT2D eigenvalue weighted by atomic mass is 35.5. The zero-order valence-electron chi connectivity index (χ0n) is 12.6. The molecule has 1 aromatic heterocycles. The van der Waals surface area contributed by atoms with Gasteiger partial charge < -0.3 is 24.6 Å². The topological polar surface area (TPSA) is 126 Å². The number of anilines is 1. The Balaban J connectivity index is 2.38. The van der Waals surface area contributed by atoms with Gasteiger partial charge in [0.05, 0.1) is 11.2 Å². The standard InChI is InChI=1S/C11H15ClF2N3O6P/c1-21-24(20,22-2)4-6-7(18)11(13,14)9(23-6)17-3-5(12)8(15)16-10(17)19/h3,6-7,9,18H,4H2,1-2H3,(H2,15,16,19)/t6-,7-,9-/m1/s1. The maximum absolute atomic E-state index is 14.3. The molecule has 3 N–H and O–H groups in total. The minimum absolute atomic E-state index is 0.244. The van der Waals surface area contributed by atoms with Crippen LogP contribution in [-0.2, 0) is 18.3 Å². The molecule has 1 fully saturated rings. The van der Waals surface area contributed by atoms with Crippen LogP contribution in [0.15, 0.2) is 11.0 Å². The van der Waals surface area contributed by atoms with Gasteiger partial charge in [0.2, 0.25) is 6.23 Å². The molecular formula is C11H15ClF2N3O6P.